The van der Waals surface area contributed by atoms with Gasteiger partial charge >= 0.3 is 0 Å². The maximum Gasteiger partial charge on any atom is 0.0291 e. The second kappa shape index (κ2) is 5.93. The van der Waals surface area contributed by atoms with Crippen LogP contribution in [0, 0.1) is 23.2 Å². The largest absolute Gasteiger partial charge is 0.316 e. The van der Waals surface area contributed by atoms with Crippen LogP contribution in [0.3, 0.4) is 0 Å². The van der Waals surface area contributed by atoms with Crippen LogP contribution in [-0.4, -0.2) is 19.0 Å². The molecule has 2 bridgehead atoms. The zero-order chi connectivity index (χ0) is 12.3. The highest BCUT2D eigenvalue weighted by atomic mass is 35.5. The third-order valence-corrected chi connectivity index (χ3v) is 6.14. The van der Waals surface area contributed by atoms with E-state index >= 15 is 0 Å². The fourth-order valence-electron chi connectivity index (χ4n) is 3.89. The maximum absolute atomic E-state index is 6.14. The number of nitrogens with one attached hydrogen (secondary N) is 1. The summed E-state index contributed by atoms with van der Waals surface area (Å²) in [5.41, 5.74) is 0.333. The molecule has 0 amide bonds. The number of fused-ring (bicyclic) bond motifs is 2. The van der Waals surface area contributed by atoms with Crippen molar-refractivity contribution in [3.8, 4) is 0 Å². The molecular weight excluding hydrogens is 230 g/mol. The predicted octanol–water partition coefficient (Wildman–Crippen LogP) is 4.06. The third-order valence-electron chi connectivity index (χ3n) is 5.57. The normalized spacial score (nSPS) is 32.3. The van der Waals surface area contributed by atoms with Gasteiger partial charge < -0.3 is 5.32 Å². The summed E-state index contributed by atoms with van der Waals surface area (Å²) in [6.07, 6.45) is 8.40. The van der Waals surface area contributed by atoms with Crippen molar-refractivity contribution in [3.63, 3.8) is 0 Å². The fourth-order valence-corrected chi connectivity index (χ4v) is 4.36. The lowest BCUT2D eigenvalue weighted by Gasteiger charge is -2.31. The summed E-state index contributed by atoms with van der Waals surface area (Å²) in [7, 11) is 0. The minimum absolute atomic E-state index is 0.333. The van der Waals surface area contributed by atoms with Crippen LogP contribution in [0.2, 0.25) is 0 Å². The summed E-state index contributed by atoms with van der Waals surface area (Å²) in [6, 6.07) is 0. The number of alkyl halides is 1. The van der Waals surface area contributed by atoms with Gasteiger partial charge in [0.25, 0.3) is 0 Å². The van der Waals surface area contributed by atoms with Crippen LogP contribution in [0.25, 0.3) is 0 Å². The van der Waals surface area contributed by atoms with Crippen molar-refractivity contribution >= 4 is 11.6 Å². The van der Waals surface area contributed by atoms with Crippen molar-refractivity contribution in [2.45, 2.75) is 52.4 Å². The summed E-state index contributed by atoms with van der Waals surface area (Å²) in [5, 5.41) is 3.72. The van der Waals surface area contributed by atoms with Crippen LogP contribution < -0.4 is 5.32 Å². The van der Waals surface area contributed by atoms with Gasteiger partial charge in [-0.3, -0.25) is 0 Å². The zero-order valence-corrected chi connectivity index (χ0v) is 12.2. The molecule has 0 spiro atoms. The molecule has 0 aromatic heterocycles. The van der Waals surface area contributed by atoms with Crippen molar-refractivity contribution < 1.29 is 0 Å². The van der Waals surface area contributed by atoms with Crippen LogP contribution in [0.15, 0.2) is 0 Å². The van der Waals surface area contributed by atoms with Gasteiger partial charge in [-0.15, -0.1) is 11.6 Å². The SMILES string of the molecule is CCC(CC)(CCl)CNCC1CC2CCC1C2. The molecule has 0 aromatic carbocycles. The highest BCUT2D eigenvalue weighted by Gasteiger charge is 2.39. The van der Waals surface area contributed by atoms with Gasteiger partial charge in [0.05, 0.1) is 0 Å². The van der Waals surface area contributed by atoms with Gasteiger partial charge in [-0.05, 0) is 61.8 Å². The van der Waals surface area contributed by atoms with Gasteiger partial charge in [0, 0.05) is 12.4 Å². The first-order chi connectivity index (χ1) is 8.23. The van der Waals surface area contributed by atoms with Gasteiger partial charge in [-0.2, -0.15) is 0 Å². The smallest absolute Gasteiger partial charge is 0.0291 e. The Morgan fingerprint density at radius 1 is 1.18 bits per heavy atom. The Kier molecular flexibility index (Phi) is 4.77. The number of hydrogen-bond acceptors (Lipinski definition) is 1. The highest BCUT2D eigenvalue weighted by Crippen LogP contribution is 2.48. The monoisotopic (exact) mass is 257 g/mol. The topological polar surface area (TPSA) is 12.0 Å². The lowest BCUT2D eigenvalue weighted by molar-refractivity contribution is 0.258. The molecule has 2 saturated carbocycles. The standard InChI is InChI=1S/C15H28ClN/c1-3-15(4-2,10-16)11-17-9-14-8-12-5-6-13(14)7-12/h12-14,17H,3-11H2,1-2H3. The lowest BCUT2D eigenvalue weighted by atomic mass is 9.83. The van der Waals surface area contributed by atoms with E-state index in [-0.39, 0.29) is 0 Å². The maximum atomic E-state index is 6.14. The molecular formula is C15H28ClN. The second-order valence-electron chi connectivity index (χ2n) is 6.41. The Hall–Kier alpha value is 0.250. The van der Waals surface area contributed by atoms with Crippen LogP contribution in [-0.2, 0) is 0 Å². The summed E-state index contributed by atoms with van der Waals surface area (Å²) in [5.74, 6) is 3.88. The summed E-state index contributed by atoms with van der Waals surface area (Å²) in [4.78, 5) is 0. The highest BCUT2D eigenvalue weighted by molar-refractivity contribution is 6.18. The van der Waals surface area contributed by atoms with E-state index in [0.29, 0.717) is 5.41 Å². The first-order valence-corrected chi connectivity index (χ1v) is 8.03. The lowest BCUT2D eigenvalue weighted by Crippen LogP contribution is -2.38. The Morgan fingerprint density at radius 3 is 2.41 bits per heavy atom. The van der Waals surface area contributed by atoms with E-state index < -0.39 is 0 Å². The fraction of sp³-hybridized carbons (Fsp3) is 1.00. The van der Waals surface area contributed by atoms with Gasteiger partial charge in [-0.1, -0.05) is 20.3 Å². The van der Waals surface area contributed by atoms with Crippen LogP contribution >= 0.6 is 11.6 Å². The first kappa shape index (κ1) is 13.7. The molecule has 1 nitrogen and oxygen atoms in total. The Labute approximate surface area is 112 Å². The molecule has 1 N–H and O–H groups in total. The minimum atomic E-state index is 0.333. The van der Waals surface area contributed by atoms with Crippen molar-refractivity contribution in [3.05, 3.63) is 0 Å². The van der Waals surface area contributed by atoms with Crippen molar-refractivity contribution in [1.82, 2.24) is 5.32 Å². The van der Waals surface area contributed by atoms with E-state index in [2.05, 4.69) is 19.2 Å². The van der Waals surface area contributed by atoms with E-state index in [1.54, 1.807) is 0 Å². The van der Waals surface area contributed by atoms with Gasteiger partial charge in [0.1, 0.15) is 0 Å². The molecule has 2 fully saturated rings. The predicted molar refractivity (Wildman–Crippen MR) is 75.5 cm³/mol. The van der Waals surface area contributed by atoms with E-state index in [1.807, 2.05) is 0 Å². The molecule has 2 aliphatic rings. The number of rotatable bonds is 7. The summed E-state index contributed by atoms with van der Waals surface area (Å²) in [6.45, 7) is 6.88. The van der Waals surface area contributed by atoms with Crippen LogP contribution in [0.5, 0.6) is 0 Å². The Morgan fingerprint density at radius 2 is 1.94 bits per heavy atom. The summed E-state index contributed by atoms with van der Waals surface area (Å²) < 4.78 is 0. The van der Waals surface area contributed by atoms with Crippen molar-refractivity contribution in [1.29, 1.82) is 0 Å². The summed E-state index contributed by atoms with van der Waals surface area (Å²) >= 11 is 6.14. The average molecular weight is 258 g/mol. The molecule has 3 atom stereocenters. The van der Waals surface area contributed by atoms with E-state index in [0.717, 1.165) is 30.2 Å². The molecule has 2 aliphatic carbocycles. The van der Waals surface area contributed by atoms with Crippen LogP contribution in [0.4, 0.5) is 0 Å². The Bertz CT molecular complexity index is 229. The minimum Gasteiger partial charge on any atom is -0.316 e. The van der Waals surface area contributed by atoms with E-state index in [9.17, 15) is 0 Å². The molecule has 0 heterocycles. The molecule has 0 saturated heterocycles. The molecule has 0 radical (unpaired) electrons. The molecule has 0 aromatic rings. The number of halogens is 1. The quantitative estimate of drug-likeness (QED) is 0.679. The number of hydrogen-bond donors (Lipinski definition) is 1. The molecule has 17 heavy (non-hydrogen) atoms. The van der Waals surface area contributed by atoms with Gasteiger partial charge in [-0.25, -0.2) is 0 Å². The third kappa shape index (κ3) is 2.98. The van der Waals surface area contributed by atoms with Gasteiger partial charge in [0.2, 0.25) is 0 Å². The van der Waals surface area contributed by atoms with Crippen molar-refractivity contribution in [2.75, 3.05) is 19.0 Å². The van der Waals surface area contributed by atoms with Crippen molar-refractivity contribution in [2.24, 2.45) is 23.2 Å². The van der Waals surface area contributed by atoms with E-state index in [1.165, 1.54) is 45.1 Å². The average Bonchev–Trinajstić information content (AvgIpc) is 2.97. The van der Waals surface area contributed by atoms with E-state index in [4.69, 9.17) is 11.6 Å². The first-order valence-electron chi connectivity index (χ1n) is 7.49. The molecule has 2 rings (SSSR count). The Balaban J connectivity index is 1.72. The van der Waals surface area contributed by atoms with Crippen LogP contribution in [0.1, 0.15) is 52.4 Å². The molecule has 3 unspecified atom stereocenters. The molecule has 0 aliphatic heterocycles. The second-order valence-corrected chi connectivity index (χ2v) is 6.67. The molecule has 2 heteroatoms. The molecule has 100 valence electrons. The zero-order valence-electron chi connectivity index (χ0n) is 11.5. The van der Waals surface area contributed by atoms with Gasteiger partial charge in [0.15, 0.2) is 0 Å².